The number of nitrogens with one attached hydrogen (secondary N) is 1. The first kappa shape index (κ1) is 12.0. The molecule has 4 nitrogen and oxygen atoms in total. The van der Waals surface area contributed by atoms with Crippen LogP contribution in [-0.4, -0.2) is 19.3 Å². The first-order valence-electron chi connectivity index (χ1n) is 6.68. The highest BCUT2D eigenvalue weighted by Gasteiger charge is 2.42. The molecule has 18 heavy (non-hydrogen) atoms. The van der Waals surface area contributed by atoms with Crippen molar-refractivity contribution in [3.05, 3.63) is 10.5 Å². The van der Waals surface area contributed by atoms with Gasteiger partial charge in [0, 0.05) is 13.6 Å². The van der Waals surface area contributed by atoms with Crippen molar-refractivity contribution in [2.75, 3.05) is 0 Å². The normalized spacial score (nSPS) is 17.5. The second-order valence-electron chi connectivity index (χ2n) is 5.67. The van der Waals surface area contributed by atoms with Gasteiger partial charge in [0.1, 0.15) is 5.52 Å². The van der Waals surface area contributed by atoms with Crippen LogP contribution in [0.5, 0.6) is 0 Å². The average molecular weight is 264 g/mol. The van der Waals surface area contributed by atoms with Crippen molar-refractivity contribution < 1.29 is 0 Å². The van der Waals surface area contributed by atoms with E-state index < -0.39 is 0 Å². The molecule has 0 bridgehead atoms. The van der Waals surface area contributed by atoms with Crippen LogP contribution in [-0.2, 0) is 13.6 Å². The number of imidazole rings is 1. The molecule has 0 atom stereocenters. The van der Waals surface area contributed by atoms with Crippen molar-refractivity contribution in [3.63, 3.8) is 0 Å². The van der Waals surface area contributed by atoms with Crippen LogP contribution in [0.3, 0.4) is 0 Å². The Hall–Kier alpha value is -1.10. The number of aromatic nitrogens is 4. The van der Waals surface area contributed by atoms with E-state index in [1.807, 2.05) is 18.7 Å². The third-order valence-electron chi connectivity index (χ3n) is 4.16. The number of hydrogen-bond donors (Lipinski definition) is 1. The molecule has 0 aliphatic heterocycles. The van der Waals surface area contributed by atoms with Crippen LogP contribution in [0.2, 0.25) is 0 Å². The summed E-state index contributed by atoms with van der Waals surface area (Å²) in [4.78, 5) is 3.30. The van der Waals surface area contributed by atoms with E-state index in [4.69, 9.17) is 12.2 Å². The summed E-state index contributed by atoms with van der Waals surface area (Å²) in [6, 6.07) is 0. The lowest BCUT2D eigenvalue weighted by atomic mass is 10.0. The summed E-state index contributed by atoms with van der Waals surface area (Å²) in [7, 11) is 1.99. The van der Waals surface area contributed by atoms with Gasteiger partial charge in [-0.3, -0.25) is 4.68 Å². The van der Waals surface area contributed by atoms with E-state index in [0.29, 0.717) is 5.41 Å². The number of hydrogen-bond acceptors (Lipinski definition) is 2. The molecule has 1 fully saturated rings. The Morgan fingerprint density at radius 2 is 2.17 bits per heavy atom. The fourth-order valence-electron chi connectivity index (χ4n) is 3.05. The number of nitrogens with zero attached hydrogens (tertiary/aromatic N) is 3. The van der Waals surface area contributed by atoms with E-state index in [1.54, 1.807) is 0 Å². The van der Waals surface area contributed by atoms with Gasteiger partial charge in [0.25, 0.3) is 0 Å². The minimum atomic E-state index is 0.500. The van der Waals surface area contributed by atoms with Gasteiger partial charge in [-0.25, -0.2) is 0 Å². The summed E-state index contributed by atoms with van der Waals surface area (Å²) < 4.78 is 5.02. The van der Waals surface area contributed by atoms with Gasteiger partial charge in [-0.2, -0.15) is 5.10 Å². The lowest BCUT2D eigenvalue weighted by Gasteiger charge is -2.15. The fraction of sp³-hybridized carbons (Fsp3) is 0.692. The molecule has 0 amide bonds. The molecule has 3 rings (SSSR count). The Bertz CT molecular complexity index is 642. The van der Waals surface area contributed by atoms with Crippen molar-refractivity contribution in [2.24, 2.45) is 12.5 Å². The molecule has 0 radical (unpaired) electrons. The fourth-order valence-corrected chi connectivity index (χ4v) is 3.30. The highest BCUT2D eigenvalue weighted by Crippen LogP contribution is 2.51. The molecule has 1 aliphatic rings. The summed E-state index contributed by atoms with van der Waals surface area (Å²) in [6.07, 6.45) is 5.24. The topological polar surface area (TPSA) is 38.5 Å². The van der Waals surface area contributed by atoms with Gasteiger partial charge < -0.3 is 9.55 Å². The Morgan fingerprint density at radius 3 is 2.78 bits per heavy atom. The molecule has 1 aliphatic carbocycles. The van der Waals surface area contributed by atoms with Gasteiger partial charge in [-0.1, -0.05) is 13.3 Å². The Labute approximate surface area is 112 Å². The van der Waals surface area contributed by atoms with E-state index in [9.17, 15) is 0 Å². The van der Waals surface area contributed by atoms with E-state index in [-0.39, 0.29) is 0 Å². The molecular weight excluding hydrogens is 244 g/mol. The number of H-pyrrole nitrogens is 1. The van der Waals surface area contributed by atoms with Crippen LogP contribution >= 0.6 is 12.2 Å². The molecule has 0 aromatic carbocycles. The Morgan fingerprint density at radius 1 is 1.44 bits per heavy atom. The van der Waals surface area contributed by atoms with Crippen LogP contribution in [0.1, 0.15) is 38.3 Å². The monoisotopic (exact) mass is 264 g/mol. The van der Waals surface area contributed by atoms with Crippen LogP contribution in [0.25, 0.3) is 11.2 Å². The zero-order chi connectivity index (χ0) is 12.9. The van der Waals surface area contributed by atoms with Crippen molar-refractivity contribution in [3.8, 4) is 0 Å². The van der Waals surface area contributed by atoms with Gasteiger partial charge in [0.05, 0.1) is 5.69 Å². The van der Waals surface area contributed by atoms with E-state index in [1.165, 1.54) is 25.7 Å². The minimum absolute atomic E-state index is 0.500. The van der Waals surface area contributed by atoms with Crippen LogP contribution in [0.15, 0.2) is 0 Å². The van der Waals surface area contributed by atoms with Gasteiger partial charge in [-0.05, 0) is 43.8 Å². The third kappa shape index (κ3) is 1.72. The summed E-state index contributed by atoms with van der Waals surface area (Å²) in [5.41, 5.74) is 3.76. The molecule has 1 saturated carbocycles. The summed E-state index contributed by atoms with van der Waals surface area (Å²) in [5, 5.41) is 4.47. The Kier molecular flexibility index (Phi) is 2.62. The lowest BCUT2D eigenvalue weighted by molar-refractivity contribution is 0.388. The predicted octanol–water partition coefficient (Wildman–Crippen LogP) is 3.32. The number of fused-ring (bicyclic) bond motifs is 1. The molecule has 0 unspecified atom stereocenters. The van der Waals surface area contributed by atoms with Crippen molar-refractivity contribution in [1.29, 1.82) is 0 Å². The molecule has 1 N–H and O–H groups in total. The lowest BCUT2D eigenvalue weighted by Crippen LogP contribution is -2.13. The maximum Gasteiger partial charge on any atom is 0.179 e. The number of aryl methyl sites for hydroxylation is 2. The first-order chi connectivity index (χ1) is 8.56. The van der Waals surface area contributed by atoms with Crippen molar-refractivity contribution >= 4 is 23.4 Å². The van der Waals surface area contributed by atoms with E-state index in [0.717, 1.165) is 28.2 Å². The number of aromatic amines is 1. The maximum absolute atomic E-state index is 5.47. The quantitative estimate of drug-likeness (QED) is 0.860. The highest BCUT2D eigenvalue weighted by atomic mass is 32.1. The number of rotatable bonds is 4. The maximum atomic E-state index is 5.47. The third-order valence-corrected chi connectivity index (χ3v) is 4.48. The second kappa shape index (κ2) is 3.95. The molecule has 2 aromatic heterocycles. The smallest absolute Gasteiger partial charge is 0.179 e. The highest BCUT2D eigenvalue weighted by molar-refractivity contribution is 7.71. The van der Waals surface area contributed by atoms with Crippen LogP contribution < -0.4 is 0 Å². The molecular formula is C13H20N4S. The minimum Gasteiger partial charge on any atom is -0.328 e. The first-order valence-corrected chi connectivity index (χ1v) is 7.09. The molecule has 2 aromatic rings. The summed E-state index contributed by atoms with van der Waals surface area (Å²) >= 11 is 5.47. The molecule has 98 valence electrons. The zero-order valence-corrected chi connectivity index (χ0v) is 12.1. The molecule has 5 heteroatoms. The van der Waals surface area contributed by atoms with E-state index in [2.05, 4.69) is 21.6 Å². The van der Waals surface area contributed by atoms with Gasteiger partial charge in [-0.15, -0.1) is 0 Å². The van der Waals surface area contributed by atoms with Gasteiger partial charge in [0.15, 0.2) is 10.4 Å². The van der Waals surface area contributed by atoms with Crippen molar-refractivity contribution in [2.45, 2.75) is 46.1 Å². The van der Waals surface area contributed by atoms with Gasteiger partial charge >= 0.3 is 0 Å². The van der Waals surface area contributed by atoms with Crippen LogP contribution in [0.4, 0.5) is 0 Å². The summed E-state index contributed by atoms with van der Waals surface area (Å²) in [5.74, 6) is 0. The molecule has 2 heterocycles. The largest absolute Gasteiger partial charge is 0.328 e. The zero-order valence-electron chi connectivity index (χ0n) is 11.3. The summed E-state index contributed by atoms with van der Waals surface area (Å²) in [6.45, 7) is 5.33. The predicted molar refractivity (Wildman–Crippen MR) is 75.2 cm³/mol. The molecule has 0 saturated heterocycles. The average Bonchev–Trinajstić information content (AvgIpc) is 2.90. The van der Waals surface area contributed by atoms with Crippen LogP contribution in [0, 0.1) is 17.1 Å². The van der Waals surface area contributed by atoms with Gasteiger partial charge in [0.2, 0.25) is 0 Å². The van der Waals surface area contributed by atoms with Crippen molar-refractivity contribution in [1.82, 2.24) is 19.3 Å². The van der Waals surface area contributed by atoms with E-state index >= 15 is 0 Å². The standard InChI is InChI=1S/C13H20N4S/c1-4-5-13(6-7-13)8-17-11-10(14-12(17)18)9(2)15-16(11)3/h4-8H2,1-3H3,(H,14,18). The second-order valence-corrected chi connectivity index (χ2v) is 6.06. The SMILES string of the molecule is CCCC1(Cn2c(=S)[nH]c3c(C)nn(C)c32)CC1. The molecule has 0 spiro atoms. The Balaban J connectivity index is 2.06.